The van der Waals surface area contributed by atoms with Crippen LogP contribution >= 0.6 is 106 Å². The molecule has 0 aromatic heterocycles. The minimum absolute atomic E-state index is 0.106. The predicted octanol–water partition coefficient (Wildman–Crippen LogP) is 5.43. The number of rotatable bonds is 30. The molecular formula is C22H42O6S11. The molecule has 0 saturated carbocycles. The van der Waals surface area contributed by atoms with Gasteiger partial charge in [0.05, 0.1) is 17.0 Å². The number of aliphatic hydroxyl groups is 2. The van der Waals surface area contributed by atoms with Crippen LogP contribution in [0.5, 0.6) is 0 Å². The van der Waals surface area contributed by atoms with Gasteiger partial charge < -0.3 is 10.2 Å². The summed E-state index contributed by atoms with van der Waals surface area (Å²) in [5.41, 5.74) is 0. The van der Waals surface area contributed by atoms with E-state index in [1.165, 1.54) is 47.0 Å². The van der Waals surface area contributed by atoms with Crippen molar-refractivity contribution in [1.29, 1.82) is 0 Å². The molecule has 0 aliphatic rings. The van der Waals surface area contributed by atoms with Crippen molar-refractivity contribution in [3.8, 4) is 0 Å². The van der Waals surface area contributed by atoms with Crippen molar-refractivity contribution >= 4 is 138 Å². The second-order valence-electron chi connectivity index (χ2n) is 7.32. The first-order chi connectivity index (χ1) is 19.0. The van der Waals surface area contributed by atoms with Crippen molar-refractivity contribution in [2.24, 2.45) is 0 Å². The van der Waals surface area contributed by atoms with Gasteiger partial charge in [0.1, 0.15) is 0 Å². The normalized spacial score (nSPS) is 13.0. The van der Waals surface area contributed by atoms with E-state index in [-0.39, 0.29) is 22.1 Å². The van der Waals surface area contributed by atoms with Crippen LogP contribution in [-0.4, -0.2) is 119 Å². The molecule has 0 bridgehead atoms. The van der Waals surface area contributed by atoms with Gasteiger partial charge >= 0.3 is 0 Å². The summed E-state index contributed by atoms with van der Waals surface area (Å²) in [5.74, 6) is 8.34. The Balaban J connectivity index is 3.41. The van der Waals surface area contributed by atoms with E-state index in [0.29, 0.717) is 35.2 Å². The fourth-order valence-electron chi connectivity index (χ4n) is 2.39. The molecule has 0 aromatic rings. The lowest BCUT2D eigenvalue weighted by Crippen LogP contribution is -2.07. The van der Waals surface area contributed by atoms with Crippen molar-refractivity contribution < 1.29 is 28.2 Å². The zero-order valence-electron chi connectivity index (χ0n) is 22.2. The van der Waals surface area contributed by atoms with Gasteiger partial charge in [-0.3, -0.25) is 18.0 Å². The van der Waals surface area contributed by atoms with Gasteiger partial charge in [-0.2, -0.15) is 35.3 Å². The molecule has 0 aliphatic carbocycles. The molecule has 6 nitrogen and oxygen atoms in total. The predicted molar refractivity (Wildman–Crippen MR) is 195 cm³/mol. The monoisotopic (exact) mass is 754 g/mol. The van der Waals surface area contributed by atoms with E-state index in [1.807, 2.05) is 0 Å². The molecule has 232 valence electrons. The largest absolute Gasteiger partial charge is 0.386 e. The van der Waals surface area contributed by atoms with Crippen molar-refractivity contribution in [2.45, 2.75) is 25.7 Å². The van der Waals surface area contributed by atoms with Gasteiger partial charge in [0.15, 0.2) is 10.2 Å². The third-order valence-electron chi connectivity index (χ3n) is 4.20. The summed E-state index contributed by atoms with van der Waals surface area (Å²) in [6, 6.07) is 0. The Kier molecular flexibility index (Phi) is 35.9. The van der Waals surface area contributed by atoms with Gasteiger partial charge in [-0.15, -0.1) is 47.0 Å². The third kappa shape index (κ3) is 33.4. The van der Waals surface area contributed by atoms with Crippen LogP contribution in [0.3, 0.4) is 0 Å². The highest BCUT2D eigenvalue weighted by Crippen LogP contribution is 2.20. The maximum absolute atomic E-state index is 12.1. The summed E-state index contributed by atoms with van der Waals surface area (Å²) < 4.78 is 24.0. The summed E-state index contributed by atoms with van der Waals surface area (Å²) in [5, 5.41) is 20.8. The third-order valence-corrected chi connectivity index (χ3v) is 17.3. The Morgan fingerprint density at radius 1 is 0.513 bits per heavy atom. The van der Waals surface area contributed by atoms with Crippen LogP contribution in [0, 0.1) is 0 Å². The maximum Gasteiger partial charge on any atom is 0.190 e. The molecule has 39 heavy (non-hydrogen) atoms. The fourth-order valence-corrected chi connectivity index (χ4v) is 14.2. The Morgan fingerprint density at radius 2 is 1.08 bits per heavy atom. The SMILES string of the molecule is O=C(CCSCCCS(=O)CSCSCO)SCCSCCS(=O)CCCSCCC(=O)SCSCSCO. The lowest BCUT2D eigenvalue weighted by atomic mass is 10.5. The Bertz CT molecular complexity index is 646. The van der Waals surface area contributed by atoms with Crippen LogP contribution in [0.25, 0.3) is 0 Å². The minimum Gasteiger partial charge on any atom is -0.386 e. The van der Waals surface area contributed by atoms with Gasteiger partial charge in [-0.25, -0.2) is 0 Å². The molecule has 2 N–H and O–H groups in total. The van der Waals surface area contributed by atoms with Crippen LogP contribution in [-0.2, 0) is 31.2 Å². The average Bonchev–Trinajstić information content (AvgIpc) is 2.92. The second-order valence-corrected chi connectivity index (χ2v) is 21.8. The molecule has 0 saturated heterocycles. The first-order valence-corrected chi connectivity index (χ1v) is 25.3. The van der Waals surface area contributed by atoms with E-state index in [9.17, 15) is 18.0 Å². The minimum atomic E-state index is -0.811. The molecule has 17 heteroatoms. The molecule has 0 fully saturated rings. The second kappa shape index (κ2) is 33.6. The summed E-state index contributed by atoms with van der Waals surface area (Å²) in [6.45, 7) is 0. The maximum atomic E-state index is 12.1. The van der Waals surface area contributed by atoms with Crippen molar-refractivity contribution in [3.05, 3.63) is 0 Å². The van der Waals surface area contributed by atoms with Crippen LogP contribution in [0.4, 0.5) is 0 Å². The topological polar surface area (TPSA) is 109 Å². The van der Waals surface area contributed by atoms with E-state index in [2.05, 4.69) is 0 Å². The number of thioether (sulfide) groups is 9. The molecule has 0 aromatic carbocycles. The molecule has 0 amide bonds. The van der Waals surface area contributed by atoms with Gasteiger partial charge in [0.2, 0.25) is 0 Å². The van der Waals surface area contributed by atoms with Gasteiger partial charge in [0.25, 0.3) is 0 Å². The molecule has 0 aliphatic heterocycles. The molecule has 0 spiro atoms. The Morgan fingerprint density at radius 3 is 1.72 bits per heavy atom. The Hall–Kier alpha value is 2.71. The molecule has 0 heterocycles. The van der Waals surface area contributed by atoms with Gasteiger partial charge in [-0.1, -0.05) is 23.5 Å². The van der Waals surface area contributed by atoms with Gasteiger partial charge in [-0.05, 0) is 24.3 Å². The van der Waals surface area contributed by atoms with E-state index < -0.39 is 21.6 Å². The zero-order chi connectivity index (χ0) is 28.8. The Labute approximate surface area is 278 Å². The smallest absolute Gasteiger partial charge is 0.190 e. The molecule has 2 unspecified atom stereocenters. The fraction of sp³-hybridized carbons (Fsp3) is 0.909. The summed E-state index contributed by atoms with van der Waals surface area (Å²) in [7, 11) is -1.61. The number of hydrogen-bond donors (Lipinski definition) is 2. The quantitative estimate of drug-likeness (QED) is 0.0719. The lowest BCUT2D eigenvalue weighted by Gasteiger charge is -2.04. The summed E-state index contributed by atoms with van der Waals surface area (Å²) in [6.07, 6.45) is 2.94. The average molecular weight is 755 g/mol. The highest BCUT2D eigenvalue weighted by molar-refractivity contribution is 8.27. The molecule has 0 radical (unpaired) electrons. The van der Waals surface area contributed by atoms with E-state index >= 15 is 0 Å². The highest BCUT2D eigenvalue weighted by atomic mass is 32.2. The van der Waals surface area contributed by atoms with Crippen LogP contribution < -0.4 is 0 Å². The van der Waals surface area contributed by atoms with Crippen molar-refractivity contribution in [1.82, 2.24) is 0 Å². The first kappa shape index (κ1) is 41.7. The first-order valence-electron chi connectivity index (χ1n) is 12.3. The van der Waals surface area contributed by atoms with Crippen molar-refractivity contribution in [3.63, 3.8) is 0 Å². The van der Waals surface area contributed by atoms with Crippen molar-refractivity contribution in [2.75, 3.05) is 89.7 Å². The number of carbonyl (C=O) groups excluding carboxylic acids is 2. The van der Waals surface area contributed by atoms with Crippen LogP contribution in [0.2, 0.25) is 0 Å². The van der Waals surface area contributed by atoms with Crippen LogP contribution in [0.15, 0.2) is 0 Å². The number of aliphatic hydroxyl groups excluding tert-OH is 2. The summed E-state index contributed by atoms with van der Waals surface area (Å²) in [4.78, 5) is 23.8. The number of carbonyl (C=O) groups is 2. The molecule has 0 rings (SSSR count). The zero-order valence-corrected chi connectivity index (χ0v) is 31.1. The highest BCUT2D eigenvalue weighted by Gasteiger charge is 2.06. The van der Waals surface area contributed by atoms with Crippen LogP contribution in [0.1, 0.15) is 25.7 Å². The lowest BCUT2D eigenvalue weighted by molar-refractivity contribution is -0.111. The van der Waals surface area contributed by atoms with E-state index in [0.717, 1.165) is 68.4 Å². The van der Waals surface area contributed by atoms with E-state index in [4.69, 9.17) is 10.2 Å². The van der Waals surface area contributed by atoms with E-state index in [1.54, 1.807) is 58.8 Å². The standard InChI is InChI=1S/C22H42O6S11/c23-15-32-17-34-19-37-22(26)4-8-29-5-1-12-38(27)14-11-31-9-10-36-21(25)3-7-30-6-2-13-39(28)20-35-18-33-16-24/h23-24H,1-20H2. The molecular weight excluding hydrogens is 713 g/mol. The van der Waals surface area contributed by atoms with Gasteiger partial charge in [0, 0.05) is 95.7 Å². The molecule has 2 atom stereocenters. The summed E-state index contributed by atoms with van der Waals surface area (Å²) >= 11 is 14.1. The number of hydrogen-bond acceptors (Lipinski definition) is 15.